The highest BCUT2D eigenvalue weighted by Crippen LogP contribution is 2.31. The zero-order valence-corrected chi connectivity index (χ0v) is 15.5. The van der Waals surface area contributed by atoms with Crippen LogP contribution in [0.4, 0.5) is 11.4 Å². The number of anilines is 1. The van der Waals surface area contributed by atoms with Crippen molar-refractivity contribution in [3.05, 3.63) is 56.3 Å². The van der Waals surface area contributed by atoms with E-state index in [-0.39, 0.29) is 23.2 Å². The number of ether oxygens (including phenoxy) is 1. The highest BCUT2D eigenvalue weighted by atomic mass is 32.1. The number of carbonyl (C=O) groups excluding carboxylic acids is 2. The van der Waals surface area contributed by atoms with Gasteiger partial charge in [-0.25, -0.2) is 4.79 Å². The summed E-state index contributed by atoms with van der Waals surface area (Å²) in [6.45, 7) is 0.00221. The predicted molar refractivity (Wildman–Crippen MR) is 101 cm³/mol. The Labute approximate surface area is 159 Å². The van der Waals surface area contributed by atoms with Gasteiger partial charge in [0.25, 0.3) is 11.6 Å². The van der Waals surface area contributed by atoms with E-state index in [1.165, 1.54) is 34.4 Å². The lowest BCUT2D eigenvalue weighted by molar-refractivity contribution is -0.384. The maximum absolute atomic E-state index is 12.2. The number of rotatable bonds is 8. The largest absolute Gasteiger partial charge is 0.452 e. The monoisotopic (exact) mass is 389 g/mol. The van der Waals surface area contributed by atoms with Gasteiger partial charge in [0.2, 0.25) is 0 Å². The molecular formula is C18H19N3O5S. The van der Waals surface area contributed by atoms with Crippen molar-refractivity contribution in [2.45, 2.75) is 25.4 Å². The maximum Gasteiger partial charge on any atom is 0.338 e. The number of hydrogen-bond acceptors (Lipinski definition) is 7. The second-order valence-corrected chi connectivity index (χ2v) is 7.15. The Kier molecular flexibility index (Phi) is 5.70. The Morgan fingerprint density at radius 3 is 2.78 bits per heavy atom. The summed E-state index contributed by atoms with van der Waals surface area (Å²) in [5, 5.41) is 18.2. The molecular weight excluding hydrogens is 370 g/mol. The summed E-state index contributed by atoms with van der Waals surface area (Å²) in [7, 11) is 1.62. The number of benzene rings is 1. The summed E-state index contributed by atoms with van der Waals surface area (Å²) >= 11 is 1.54. The van der Waals surface area contributed by atoms with Crippen molar-refractivity contribution < 1.29 is 19.2 Å². The number of nitrogens with zero attached hydrogens (tertiary/aromatic N) is 2. The first-order chi connectivity index (χ1) is 12.9. The van der Waals surface area contributed by atoms with Crippen LogP contribution in [0.3, 0.4) is 0 Å². The minimum Gasteiger partial charge on any atom is -0.452 e. The van der Waals surface area contributed by atoms with Gasteiger partial charge in [-0.1, -0.05) is 0 Å². The van der Waals surface area contributed by atoms with Crippen molar-refractivity contribution >= 4 is 34.6 Å². The van der Waals surface area contributed by atoms with Crippen molar-refractivity contribution in [3.8, 4) is 0 Å². The molecule has 1 saturated carbocycles. The highest BCUT2D eigenvalue weighted by molar-refractivity contribution is 7.07. The second-order valence-electron chi connectivity index (χ2n) is 6.37. The smallest absolute Gasteiger partial charge is 0.338 e. The van der Waals surface area contributed by atoms with E-state index in [4.69, 9.17) is 4.74 Å². The molecule has 0 spiro atoms. The number of nitro groups is 1. The average Bonchev–Trinajstić information content (AvgIpc) is 3.32. The van der Waals surface area contributed by atoms with Crippen LogP contribution in [0.1, 0.15) is 28.8 Å². The number of nitro benzene ring substituents is 1. The van der Waals surface area contributed by atoms with Gasteiger partial charge in [0.15, 0.2) is 6.61 Å². The third-order valence-electron chi connectivity index (χ3n) is 4.12. The molecule has 0 unspecified atom stereocenters. The van der Waals surface area contributed by atoms with Gasteiger partial charge >= 0.3 is 5.97 Å². The Balaban J connectivity index is 1.59. The SMILES string of the molecule is CN(Cc1ccsc1)C(=O)COC(=O)c1ccc(NC2CC2)c([N+](=O)[O-])c1. The highest BCUT2D eigenvalue weighted by Gasteiger charge is 2.26. The Morgan fingerprint density at radius 1 is 1.37 bits per heavy atom. The molecule has 0 aliphatic heterocycles. The molecule has 2 aromatic rings. The third-order valence-corrected chi connectivity index (χ3v) is 4.85. The fraction of sp³-hybridized carbons (Fsp3) is 0.333. The van der Waals surface area contributed by atoms with Crippen LogP contribution in [0.25, 0.3) is 0 Å². The summed E-state index contributed by atoms with van der Waals surface area (Å²) in [6.07, 6.45) is 1.95. The van der Waals surface area contributed by atoms with Crippen molar-refractivity contribution in [2.75, 3.05) is 19.0 Å². The molecule has 0 radical (unpaired) electrons. The molecule has 1 N–H and O–H groups in total. The van der Waals surface area contributed by atoms with Gasteiger partial charge in [0.05, 0.1) is 10.5 Å². The summed E-state index contributed by atoms with van der Waals surface area (Å²) in [4.78, 5) is 36.4. The fourth-order valence-electron chi connectivity index (χ4n) is 2.44. The third kappa shape index (κ3) is 5.04. The predicted octanol–water partition coefficient (Wildman–Crippen LogP) is 3.05. The first-order valence-electron chi connectivity index (χ1n) is 8.41. The van der Waals surface area contributed by atoms with E-state index in [0.717, 1.165) is 18.4 Å². The molecule has 1 aliphatic rings. The lowest BCUT2D eigenvalue weighted by atomic mass is 10.1. The van der Waals surface area contributed by atoms with Crippen LogP contribution >= 0.6 is 11.3 Å². The molecule has 3 rings (SSSR count). The molecule has 1 amide bonds. The average molecular weight is 389 g/mol. The topological polar surface area (TPSA) is 102 Å². The van der Waals surface area contributed by atoms with Crippen molar-refractivity contribution in [3.63, 3.8) is 0 Å². The van der Waals surface area contributed by atoms with E-state index in [1.807, 2.05) is 16.8 Å². The molecule has 0 atom stereocenters. The molecule has 0 bridgehead atoms. The summed E-state index contributed by atoms with van der Waals surface area (Å²) in [6, 6.07) is 6.29. The van der Waals surface area contributed by atoms with E-state index in [0.29, 0.717) is 12.2 Å². The molecule has 8 nitrogen and oxygen atoms in total. The van der Waals surface area contributed by atoms with Crippen LogP contribution in [0, 0.1) is 10.1 Å². The minimum absolute atomic E-state index is 0.0383. The number of nitrogens with one attached hydrogen (secondary N) is 1. The van der Waals surface area contributed by atoms with E-state index >= 15 is 0 Å². The fourth-order valence-corrected chi connectivity index (χ4v) is 3.10. The number of esters is 1. The molecule has 1 heterocycles. The van der Waals surface area contributed by atoms with E-state index < -0.39 is 17.5 Å². The lowest BCUT2D eigenvalue weighted by Gasteiger charge is -2.16. The van der Waals surface area contributed by atoms with Gasteiger partial charge in [-0.05, 0) is 47.4 Å². The molecule has 1 aliphatic carbocycles. The van der Waals surface area contributed by atoms with Crippen molar-refractivity contribution in [2.24, 2.45) is 0 Å². The maximum atomic E-state index is 12.2. The van der Waals surface area contributed by atoms with Crippen LogP contribution in [0.5, 0.6) is 0 Å². The molecule has 1 aromatic heterocycles. The Bertz CT molecular complexity index is 849. The van der Waals surface area contributed by atoms with E-state index in [1.54, 1.807) is 7.05 Å². The van der Waals surface area contributed by atoms with Crippen molar-refractivity contribution in [1.29, 1.82) is 0 Å². The number of thiophene rings is 1. The van der Waals surface area contributed by atoms with Gasteiger partial charge in [-0.2, -0.15) is 11.3 Å². The van der Waals surface area contributed by atoms with Crippen LogP contribution in [-0.4, -0.2) is 41.4 Å². The van der Waals surface area contributed by atoms with E-state index in [9.17, 15) is 19.7 Å². The molecule has 1 aromatic carbocycles. The van der Waals surface area contributed by atoms with Gasteiger partial charge in [0, 0.05) is 25.7 Å². The second kappa shape index (κ2) is 8.17. The molecule has 142 valence electrons. The van der Waals surface area contributed by atoms with Crippen molar-refractivity contribution in [1.82, 2.24) is 4.90 Å². The quantitative estimate of drug-likeness (QED) is 0.423. The first kappa shape index (κ1) is 18.8. The van der Waals surface area contributed by atoms with Crippen LogP contribution in [-0.2, 0) is 16.1 Å². The van der Waals surface area contributed by atoms with Gasteiger partial charge < -0.3 is 15.0 Å². The summed E-state index contributed by atoms with van der Waals surface area (Å²) in [5.41, 5.74) is 1.23. The summed E-state index contributed by atoms with van der Waals surface area (Å²) in [5.74, 6) is -1.12. The Hall–Kier alpha value is -2.94. The van der Waals surface area contributed by atoms with Gasteiger partial charge in [0.1, 0.15) is 5.69 Å². The molecule has 0 saturated heterocycles. The number of carbonyl (C=O) groups is 2. The lowest BCUT2D eigenvalue weighted by Crippen LogP contribution is -2.30. The van der Waals surface area contributed by atoms with Crippen LogP contribution in [0.15, 0.2) is 35.0 Å². The zero-order chi connectivity index (χ0) is 19.4. The zero-order valence-electron chi connectivity index (χ0n) is 14.7. The van der Waals surface area contributed by atoms with Gasteiger partial charge in [-0.15, -0.1) is 0 Å². The normalized spacial score (nSPS) is 13.1. The molecule has 9 heteroatoms. The standard InChI is InChI=1S/C18H19N3O5S/c1-20(9-12-6-7-27-11-12)17(22)10-26-18(23)13-2-5-15(19-14-3-4-14)16(8-13)21(24)25/h2,5-8,11,14,19H,3-4,9-10H2,1H3. The first-order valence-corrected chi connectivity index (χ1v) is 9.35. The van der Waals surface area contributed by atoms with E-state index in [2.05, 4.69) is 5.32 Å². The van der Waals surface area contributed by atoms with Crippen LogP contribution < -0.4 is 5.32 Å². The molecule has 27 heavy (non-hydrogen) atoms. The Morgan fingerprint density at radius 2 is 2.15 bits per heavy atom. The van der Waals surface area contributed by atoms with Crippen LogP contribution in [0.2, 0.25) is 0 Å². The number of amides is 1. The minimum atomic E-state index is -0.770. The summed E-state index contributed by atoms with van der Waals surface area (Å²) < 4.78 is 5.03. The number of likely N-dealkylation sites (N-methyl/N-ethyl adjacent to an activating group) is 1. The number of hydrogen-bond donors (Lipinski definition) is 1. The molecule has 1 fully saturated rings. The van der Waals surface area contributed by atoms with Gasteiger partial charge in [-0.3, -0.25) is 14.9 Å².